The van der Waals surface area contributed by atoms with Crippen molar-refractivity contribution in [3.05, 3.63) is 60.7 Å². The number of imidazole rings is 1. The minimum absolute atomic E-state index is 0. The molecule has 0 saturated carbocycles. The van der Waals surface area contributed by atoms with Crippen molar-refractivity contribution in [2.24, 2.45) is 0 Å². The summed E-state index contributed by atoms with van der Waals surface area (Å²) in [4.78, 5) is 4.58. The van der Waals surface area contributed by atoms with E-state index in [2.05, 4.69) is 23.2 Å². The van der Waals surface area contributed by atoms with Crippen LogP contribution in [0.2, 0.25) is 0 Å². The zero-order valence-corrected chi connectivity index (χ0v) is 12.8. The van der Waals surface area contributed by atoms with Crippen LogP contribution in [0.15, 0.2) is 48.8 Å². The minimum atomic E-state index is 0. The van der Waals surface area contributed by atoms with Crippen LogP contribution < -0.4 is 0 Å². The Labute approximate surface area is 125 Å². The van der Waals surface area contributed by atoms with Crippen LogP contribution in [0.25, 0.3) is 11.6 Å². The molecule has 0 aliphatic rings. The third kappa shape index (κ3) is 2.67. The molecule has 0 N–H and O–H groups in total. The average Bonchev–Trinajstić information content (AvgIpc) is 3.08. The molecule has 2 heterocycles. The fourth-order valence-corrected chi connectivity index (χ4v) is 1.86. The topological polar surface area (TPSA) is 35.6 Å². The summed E-state index contributed by atoms with van der Waals surface area (Å²) >= 11 is 0. The quantitative estimate of drug-likeness (QED) is 0.600. The molecule has 3 aromatic rings. The third-order valence-electron chi connectivity index (χ3n) is 2.78. The molecule has 1 aromatic carbocycles. The maximum absolute atomic E-state index is 4.58. The Bertz CT molecular complexity index is 629. The molecule has 4 nitrogen and oxygen atoms in total. The van der Waals surface area contributed by atoms with Gasteiger partial charge in [0.15, 0.2) is 0 Å². The van der Waals surface area contributed by atoms with Gasteiger partial charge in [-0.1, -0.05) is 37.5 Å². The number of hydrogen-bond donors (Lipinski definition) is 0. The predicted molar refractivity (Wildman–Crippen MR) is 68.9 cm³/mol. The molecule has 0 aliphatic heterocycles. The van der Waals surface area contributed by atoms with Crippen molar-refractivity contribution in [3.63, 3.8) is 0 Å². The van der Waals surface area contributed by atoms with E-state index < -0.39 is 0 Å². The number of hydrogen-bond acceptors (Lipinski definition) is 2. The zero-order chi connectivity index (χ0) is 12.4. The Morgan fingerprint density at radius 1 is 1.21 bits per heavy atom. The molecule has 1 radical (unpaired) electrons. The van der Waals surface area contributed by atoms with Crippen molar-refractivity contribution in [1.82, 2.24) is 19.3 Å². The number of benzene rings is 1. The van der Waals surface area contributed by atoms with Crippen molar-refractivity contribution in [1.29, 1.82) is 0 Å². The molecule has 0 unspecified atom stereocenters. The van der Waals surface area contributed by atoms with Crippen LogP contribution in [-0.4, -0.2) is 19.3 Å². The van der Waals surface area contributed by atoms with Crippen LogP contribution in [0.4, 0.5) is 0 Å². The molecule has 0 spiro atoms. The van der Waals surface area contributed by atoms with Gasteiger partial charge >= 0.3 is 0 Å². The average molecular weight is 430 g/mol. The van der Waals surface area contributed by atoms with E-state index in [0.29, 0.717) is 0 Å². The SMILES string of the molecule is CCc1cn(-c2ccccc2)c(-n2[c-]ccn2)n1.[Ir]. The Balaban J connectivity index is 0.00000133. The second-order valence-electron chi connectivity index (χ2n) is 3.96. The summed E-state index contributed by atoms with van der Waals surface area (Å²) in [6.07, 6.45) is 7.67. The molecule has 5 heteroatoms. The van der Waals surface area contributed by atoms with E-state index in [1.165, 1.54) is 0 Å². The van der Waals surface area contributed by atoms with Gasteiger partial charge in [0, 0.05) is 37.7 Å². The fourth-order valence-electron chi connectivity index (χ4n) is 1.86. The number of nitrogens with zero attached hydrogens (tertiary/aromatic N) is 4. The summed E-state index contributed by atoms with van der Waals surface area (Å²) in [5.41, 5.74) is 2.11. The van der Waals surface area contributed by atoms with E-state index in [9.17, 15) is 0 Å². The second kappa shape index (κ2) is 5.95. The first-order chi connectivity index (χ1) is 8.88. The van der Waals surface area contributed by atoms with Crippen molar-refractivity contribution in [2.75, 3.05) is 0 Å². The smallest absolute Gasteiger partial charge is 0.132 e. The molecule has 19 heavy (non-hydrogen) atoms. The molecule has 2 aromatic heterocycles. The van der Waals surface area contributed by atoms with Crippen molar-refractivity contribution >= 4 is 0 Å². The minimum Gasteiger partial charge on any atom is -0.337 e. The second-order valence-corrected chi connectivity index (χ2v) is 3.96. The van der Waals surface area contributed by atoms with Crippen LogP contribution in [0.3, 0.4) is 0 Å². The molecule has 0 fully saturated rings. The molecular formula is C14H13IrN4-. The fraction of sp³-hybridized carbons (Fsp3) is 0.143. The molecule has 99 valence electrons. The van der Waals surface area contributed by atoms with Crippen molar-refractivity contribution in [3.8, 4) is 11.6 Å². The van der Waals surface area contributed by atoms with E-state index in [-0.39, 0.29) is 20.1 Å². The predicted octanol–water partition coefficient (Wildman–Crippen LogP) is 2.42. The van der Waals surface area contributed by atoms with E-state index >= 15 is 0 Å². The van der Waals surface area contributed by atoms with Gasteiger partial charge in [-0.2, -0.15) is 0 Å². The summed E-state index contributed by atoms with van der Waals surface area (Å²) in [5.74, 6) is 0.767. The molecule has 0 atom stereocenters. The maximum Gasteiger partial charge on any atom is 0.132 e. The Morgan fingerprint density at radius 3 is 2.63 bits per heavy atom. The van der Waals surface area contributed by atoms with E-state index in [4.69, 9.17) is 0 Å². The Morgan fingerprint density at radius 2 is 2.00 bits per heavy atom. The molecular weight excluding hydrogens is 416 g/mol. The monoisotopic (exact) mass is 430 g/mol. The van der Waals surface area contributed by atoms with E-state index in [1.807, 2.05) is 41.1 Å². The first kappa shape index (κ1) is 13.7. The first-order valence-electron chi connectivity index (χ1n) is 5.94. The zero-order valence-electron chi connectivity index (χ0n) is 10.4. The number of aryl methyl sites for hydroxylation is 1. The summed E-state index contributed by atoms with van der Waals surface area (Å²) in [6.45, 7) is 2.09. The van der Waals surface area contributed by atoms with E-state index in [0.717, 1.165) is 23.8 Å². The number of rotatable bonds is 3. The first-order valence-corrected chi connectivity index (χ1v) is 5.94. The van der Waals surface area contributed by atoms with Gasteiger partial charge in [-0.3, -0.25) is 10.1 Å². The molecule has 0 aliphatic carbocycles. The van der Waals surface area contributed by atoms with Crippen LogP contribution in [0, 0.1) is 6.20 Å². The standard InChI is InChI=1S/C14H13N4.Ir/c1-2-12-11-17(13-7-4-3-5-8-13)14(16-12)18-10-6-9-15-18;/h3-9,11H,2H2,1H3;/q-1;. The van der Waals surface area contributed by atoms with Gasteiger partial charge in [0.1, 0.15) is 5.95 Å². The van der Waals surface area contributed by atoms with Gasteiger partial charge in [0.2, 0.25) is 0 Å². The van der Waals surface area contributed by atoms with Crippen LogP contribution >= 0.6 is 0 Å². The Kier molecular flexibility index (Phi) is 4.30. The summed E-state index contributed by atoms with van der Waals surface area (Å²) in [5, 5.41) is 4.20. The largest absolute Gasteiger partial charge is 0.337 e. The number of para-hydroxylation sites is 1. The van der Waals surface area contributed by atoms with Gasteiger partial charge < -0.3 is 9.25 Å². The van der Waals surface area contributed by atoms with Gasteiger partial charge in [0.05, 0.1) is 0 Å². The van der Waals surface area contributed by atoms with Crippen LogP contribution in [0.5, 0.6) is 0 Å². The molecule has 0 saturated heterocycles. The molecule has 0 amide bonds. The maximum atomic E-state index is 4.58. The summed E-state index contributed by atoms with van der Waals surface area (Å²) in [7, 11) is 0. The van der Waals surface area contributed by atoms with Gasteiger partial charge in [-0.15, -0.1) is 6.07 Å². The number of aromatic nitrogens is 4. The molecule has 0 bridgehead atoms. The van der Waals surface area contributed by atoms with Gasteiger partial charge in [-0.05, 0) is 18.6 Å². The van der Waals surface area contributed by atoms with Crippen LogP contribution in [0.1, 0.15) is 12.6 Å². The molecule has 3 rings (SSSR count). The third-order valence-corrected chi connectivity index (χ3v) is 2.78. The normalized spacial score (nSPS) is 10.2. The van der Waals surface area contributed by atoms with E-state index in [1.54, 1.807) is 16.9 Å². The summed E-state index contributed by atoms with van der Waals surface area (Å²) < 4.78 is 3.69. The summed E-state index contributed by atoms with van der Waals surface area (Å²) in [6, 6.07) is 11.9. The van der Waals surface area contributed by atoms with Crippen LogP contribution in [-0.2, 0) is 26.5 Å². The van der Waals surface area contributed by atoms with Gasteiger partial charge in [0.25, 0.3) is 0 Å². The van der Waals surface area contributed by atoms with Gasteiger partial charge in [-0.25, -0.2) is 0 Å². The van der Waals surface area contributed by atoms with Crippen molar-refractivity contribution in [2.45, 2.75) is 13.3 Å². The van der Waals surface area contributed by atoms with Crippen molar-refractivity contribution < 1.29 is 20.1 Å². The Hall–Kier alpha value is -1.71.